The maximum absolute atomic E-state index is 12.0. The molecular formula is C16H19ClN2O3. The van der Waals surface area contributed by atoms with Crippen molar-refractivity contribution in [3.05, 3.63) is 35.5 Å². The van der Waals surface area contributed by atoms with E-state index in [1.807, 2.05) is 6.07 Å². The Labute approximate surface area is 134 Å². The highest BCUT2D eigenvalue weighted by molar-refractivity contribution is 6.35. The Hall–Kier alpha value is -1.85. The summed E-state index contributed by atoms with van der Waals surface area (Å²) in [6.45, 7) is 2.10. The average Bonchev–Trinajstić information content (AvgIpc) is 2.52. The molecule has 2 rings (SSSR count). The van der Waals surface area contributed by atoms with Crippen LogP contribution in [0.25, 0.3) is 10.9 Å². The maximum atomic E-state index is 12.0. The van der Waals surface area contributed by atoms with E-state index < -0.39 is 6.10 Å². The van der Waals surface area contributed by atoms with Gasteiger partial charge in [0.1, 0.15) is 11.3 Å². The Morgan fingerprint density at radius 1 is 1.45 bits per heavy atom. The molecule has 0 aliphatic carbocycles. The van der Waals surface area contributed by atoms with Crippen molar-refractivity contribution in [1.82, 2.24) is 9.88 Å². The number of likely N-dealkylation sites (N-methyl/N-ethyl adjacent to an activating group) is 1. The van der Waals surface area contributed by atoms with Gasteiger partial charge >= 0.3 is 0 Å². The Morgan fingerprint density at radius 2 is 2.23 bits per heavy atom. The molecule has 6 heteroatoms. The number of hydrogen-bond acceptors (Lipinski definition) is 4. The monoisotopic (exact) mass is 322 g/mol. The van der Waals surface area contributed by atoms with Crippen molar-refractivity contribution in [3.8, 4) is 5.75 Å². The number of ether oxygens (including phenoxy) is 1. The predicted molar refractivity (Wildman–Crippen MR) is 86.2 cm³/mol. The Kier molecular flexibility index (Phi) is 5.57. The number of aromatic nitrogens is 1. The summed E-state index contributed by atoms with van der Waals surface area (Å²) in [5, 5.41) is 10.6. The topological polar surface area (TPSA) is 62.7 Å². The summed E-state index contributed by atoms with van der Waals surface area (Å²) in [5.41, 5.74) is 0.634. The minimum absolute atomic E-state index is 0.0797. The first kappa shape index (κ1) is 16.5. The molecule has 1 aromatic heterocycles. The lowest BCUT2D eigenvalue weighted by atomic mass is 10.2. The van der Waals surface area contributed by atoms with Crippen molar-refractivity contribution >= 4 is 28.4 Å². The minimum atomic E-state index is -0.430. The van der Waals surface area contributed by atoms with E-state index in [1.165, 1.54) is 4.90 Å². The van der Waals surface area contributed by atoms with Crippen molar-refractivity contribution in [1.29, 1.82) is 0 Å². The summed E-state index contributed by atoms with van der Waals surface area (Å²) in [7, 11) is 1.69. The zero-order valence-electron chi connectivity index (χ0n) is 12.6. The van der Waals surface area contributed by atoms with Crippen LogP contribution in [-0.4, -0.2) is 47.2 Å². The lowest BCUT2D eigenvalue weighted by molar-refractivity contribution is -0.132. The molecule has 0 fully saturated rings. The van der Waals surface area contributed by atoms with Gasteiger partial charge in [0.2, 0.25) is 0 Å². The quantitative estimate of drug-likeness (QED) is 0.887. The van der Waals surface area contributed by atoms with Gasteiger partial charge in [-0.05, 0) is 37.6 Å². The van der Waals surface area contributed by atoms with E-state index in [0.717, 1.165) is 5.39 Å². The van der Waals surface area contributed by atoms with Crippen LogP contribution in [0.2, 0.25) is 5.02 Å². The molecule has 1 aromatic carbocycles. The third-order valence-corrected chi connectivity index (χ3v) is 3.67. The van der Waals surface area contributed by atoms with E-state index in [1.54, 1.807) is 38.4 Å². The number of halogens is 1. The van der Waals surface area contributed by atoms with Crippen LogP contribution in [0.3, 0.4) is 0 Å². The molecule has 2 aromatic rings. The molecule has 0 radical (unpaired) electrons. The summed E-state index contributed by atoms with van der Waals surface area (Å²) in [5.74, 6) is 0.372. The van der Waals surface area contributed by atoms with Crippen LogP contribution in [0.1, 0.15) is 13.3 Å². The van der Waals surface area contributed by atoms with Gasteiger partial charge in [-0.3, -0.25) is 9.78 Å². The SMILES string of the molecule is CC(O)CCN(C)C(=O)COc1ccc(Cl)c2cccnc12. The Bertz CT molecular complexity index is 661. The number of carbonyl (C=O) groups excluding carboxylic acids is 1. The van der Waals surface area contributed by atoms with Crippen LogP contribution in [0.4, 0.5) is 0 Å². The van der Waals surface area contributed by atoms with Gasteiger partial charge in [0.15, 0.2) is 6.61 Å². The Morgan fingerprint density at radius 3 is 2.95 bits per heavy atom. The smallest absolute Gasteiger partial charge is 0.260 e. The van der Waals surface area contributed by atoms with Gasteiger partial charge in [-0.1, -0.05) is 11.6 Å². The van der Waals surface area contributed by atoms with Crippen LogP contribution in [0.5, 0.6) is 5.75 Å². The first-order chi connectivity index (χ1) is 10.5. The average molecular weight is 323 g/mol. The lowest BCUT2D eigenvalue weighted by Crippen LogP contribution is -2.33. The molecule has 1 amide bonds. The molecule has 1 N–H and O–H groups in total. The van der Waals surface area contributed by atoms with Crippen LogP contribution in [-0.2, 0) is 4.79 Å². The van der Waals surface area contributed by atoms with E-state index in [0.29, 0.717) is 29.3 Å². The van der Waals surface area contributed by atoms with Gasteiger partial charge < -0.3 is 14.7 Å². The van der Waals surface area contributed by atoms with Gasteiger partial charge in [0.05, 0.1) is 11.1 Å². The minimum Gasteiger partial charge on any atom is -0.481 e. The molecule has 1 atom stereocenters. The first-order valence-electron chi connectivity index (χ1n) is 7.07. The molecular weight excluding hydrogens is 304 g/mol. The summed E-state index contributed by atoms with van der Waals surface area (Å²) < 4.78 is 5.59. The first-order valence-corrected chi connectivity index (χ1v) is 7.45. The fourth-order valence-electron chi connectivity index (χ4n) is 1.98. The van der Waals surface area contributed by atoms with Crippen LogP contribution in [0.15, 0.2) is 30.5 Å². The summed E-state index contributed by atoms with van der Waals surface area (Å²) in [6.07, 6.45) is 1.76. The molecule has 1 unspecified atom stereocenters. The summed E-state index contributed by atoms with van der Waals surface area (Å²) >= 11 is 6.12. The largest absolute Gasteiger partial charge is 0.481 e. The number of hydrogen-bond donors (Lipinski definition) is 1. The zero-order valence-corrected chi connectivity index (χ0v) is 13.4. The van der Waals surface area contributed by atoms with Gasteiger partial charge in [-0.2, -0.15) is 0 Å². The Balaban J connectivity index is 2.03. The van der Waals surface area contributed by atoms with Crippen molar-refractivity contribution in [2.24, 2.45) is 0 Å². The second-order valence-electron chi connectivity index (χ2n) is 5.19. The van der Waals surface area contributed by atoms with Crippen LogP contribution in [0, 0.1) is 0 Å². The zero-order chi connectivity index (χ0) is 16.1. The highest BCUT2D eigenvalue weighted by Crippen LogP contribution is 2.29. The second kappa shape index (κ2) is 7.42. The predicted octanol–water partition coefficient (Wildman–Crippen LogP) is 2.50. The normalized spacial score (nSPS) is 12.2. The number of fused-ring (bicyclic) bond motifs is 1. The molecule has 118 valence electrons. The standard InChI is InChI=1S/C16H19ClN2O3/c1-11(20)7-9-19(2)15(21)10-22-14-6-5-13(17)12-4-3-8-18-16(12)14/h3-6,8,11,20H,7,9-10H2,1-2H3. The number of aliphatic hydroxyl groups excluding tert-OH is 1. The van der Waals surface area contributed by atoms with Crippen molar-refractivity contribution in [2.75, 3.05) is 20.2 Å². The van der Waals surface area contributed by atoms with Gasteiger partial charge in [-0.25, -0.2) is 0 Å². The number of rotatable bonds is 6. The molecule has 1 heterocycles. The maximum Gasteiger partial charge on any atom is 0.260 e. The fourth-order valence-corrected chi connectivity index (χ4v) is 2.20. The lowest BCUT2D eigenvalue weighted by Gasteiger charge is -2.18. The van der Waals surface area contributed by atoms with Gasteiger partial charge in [0.25, 0.3) is 5.91 Å². The fraction of sp³-hybridized carbons (Fsp3) is 0.375. The van der Waals surface area contributed by atoms with E-state index >= 15 is 0 Å². The van der Waals surface area contributed by atoms with Crippen LogP contribution >= 0.6 is 11.6 Å². The second-order valence-corrected chi connectivity index (χ2v) is 5.59. The number of pyridine rings is 1. The number of carbonyl (C=O) groups is 1. The third-order valence-electron chi connectivity index (χ3n) is 3.34. The third kappa shape index (κ3) is 4.08. The van der Waals surface area contributed by atoms with Crippen molar-refractivity contribution in [2.45, 2.75) is 19.4 Å². The van der Waals surface area contributed by atoms with E-state index in [2.05, 4.69) is 4.98 Å². The highest BCUT2D eigenvalue weighted by atomic mass is 35.5. The number of nitrogens with zero attached hydrogens (tertiary/aromatic N) is 2. The molecule has 0 saturated carbocycles. The molecule has 0 aliphatic rings. The van der Waals surface area contributed by atoms with Crippen molar-refractivity contribution in [3.63, 3.8) is 0 Å². The molecule has 0 spiro atoms. The van der Waals surface area contributed by atoms with E-state index in [9.17, 15) is 9.90 Å². The summed E-state index contributed by atoms with van der Waals surface area (Å²) in [4.78, 5) is 17.8. The molecule has 5 nitrogen and oxygen atoms in total. The number of amides is 1. The van der Waals surface area contributed by atoms with Gasteiger partial charge in [-0.15, -0.1) is 0 Å². The number of benzene rings is 1. The summed E-state index contributed by atoms with van der Waals surface area (Å²) in [6, 6.07) is 7.09. The van der Waals surface area contributed by atoms with E-state index in [-0.39, 0.29) is 12.5 Å². The van der Waals surface area contributed by atoms with Crippen LogP contribution < -0.4 is 4.74 Å². The molecule has 0 aliphatic heterocycles. The molecule has 22 heavy (non-hydrogen) atoms. The molecule has 0 bridgehead atoms. The highest BCUT2D eigenvalue weighted by Gasteiger charge is 2.12. The van der Waals surface area contributed by atoms with Gasteiger partial charge in [0, 0.05) is 25.2 Å². The van der Waals surface area contributed by atoms with Crippen molar-refractivity contribution < 1.29 is 14.6 Å². The number of aliphatic hydroxyl groups is 1. The van der Waals surface area contributed by atoms with E-state index in [4.69, 9.17) is 16.3 Å². The molecule has 0 saturated heterocycles.